The molecule has 0 spiro atoms. The first kappa shape index (κ1) is 20.0. The van der Waals surface area contributed by atoms with Crippen LogP contribution in [0.25, 0.3) is 0 Å². The van der Waals surface area contributed by atoms with E-state index in [1.165, 1.54) is 23.9 Å². The predicted molar refractivity (Wildman–Crippen MR) is 99.3 cm³/mol. The summed E-state index contributed by atoms with van der Waals surface area (Å²) in [5, 5.41) is 16.4. The molecule has 0 aliphatic carbocycles. The van der Waals surface area contributed by atoms with E-state index >= 15 is 0 Å². The minimum atomic E-state index is -0.453. The molecule has 0 saturated carbocycles. The van der Waals surface area contributed by atoms with Gasteiger partial charge in [0.1, 0.15) is 0 Å². The number of carbonyl (C=O) groups is 2. The average Bonchev–Trinajstić information content (AvgIpc) is 2.66. The van der Waals surface area contributed by atoms with Crippen molar-refractivity contribution in [3.05, 3.63) is 34.4 Å². The molecule has 26 heavy (non-hydrogen) atoms. The number of ether oxygens (including phenoxy) is 1. The van der Waals surface area contributed by atoms with Crippen LogP contribution in [0.4, 0.5) is 11.4 Å². The predicted octanol–water partition coefficient (Wildman–Crippen LogP) is 0.715. The van der Waals surface area contributed by atoms with Crippen LogP contribution in [-0.2, 0) is 14.3 Å². The number of rotatable bonds is 9. The lowest BCUT2D eigenvalue weighted by Crippen LogP contribution is -2.41. The third kappa shape index (κ3) is 6.89. The summed E-state index contributed by atoms with van der Waals surface area (Å²) in [5.41, 5.74) is 0.780. The zero-order chi connectivity index (χ0) is 18.8. The van der Waals surface area contributed by atoms with Gasteiger partial charge in [-0.1, -0.05) is 0 Å². The molecule has 1 heterocycles. The Morgan fingerprint density at radius 2 is 1.85 bits per heavy atom. The highest BCUT2D eigenvalue weighted by atomic mass is 32.2. The van der Waals surface area contributed by atoms with Gasteiger partial charge in [0.25, 0.3) is 5.69 Å². The van der Waals surface area contributed by atoms with Crippen LogP contribution >= 0.6 is 11.8 Å². The fourth-order valence-corrected chi connectivity index (χ4v) is 3.04. The molecule has 0 atom stereocenters. The standard InChI is InChI=1S/C16H22N4O5S/c21-15(11-26-12-16(22)19-7-9-25-10-8-19)18-6-5-17-13-1-3-14(4-2-13)20(23)24/h1-4,17H,5-12H2,(H,18,21). The van der Waals surface area contributed by atoms with Gasteiger partial charge in [0.05, 0.1) is 29.6 Å². The Kier molecular flexibility index (Phi) is 8.16. The second-order valence-corrected chi connectivity index (χ2v) is 6.55. The molecule has 2 N–H and O–H groups in total. The number of thioether (sulfide) groups is 1. The van der Waals surface area contributed by atoms with E-state index < -0.39 is 4.92 Å². The number of nitro benzene ring substituents is 1. The maximum absolute atomic E-state index is 11.9. The van der Waals surface area contributed by atoms with Crippen molar-refractivity contribution in [3.63, 3.8) is 0 Å². The van der Waals surface area contributed by atoms with Gasteiger partial charge < -0.3 is 20.3 Å². The number of nitrogens with zero attached hydrogens (tertiary/aromatic N) is 2. The highest BCUT2D eigenvalue weighted by Crippen LogP contribution is 2.14. The smallest absolute Gasteiger partial charge is 0.269 e. The van der Waals surface area contributed by atoms with Gasteiger partial charge in [-0.15, -0.1) is 11.8 Å². The van der Waals surface area contributed by atoms with Gasteiger partial charge in [-0.25, -0.2) is 0 Å². The second-order valence-electron chi connectivity index (χ2n) is 5.57. The molecular weight excluding hydrogens is 360 g/mol. The summed E-state index contributed by atoms with van der Waals surface area (Å²) in [7, 11) is 0. The minimum absolute atomic E-state index is 0.0333. The van der Waals surface area contributed by atoms with Gasteiger partial charge in [-0.05, 0) is 12.1 Å². The number of nitro groups is 1. The van der Waals surface area contributed by atoms with Gasteiger partial charge in [-0.3, -0.25) is 19.7 Å². The summed E-state index contributed by atoms with van der Waals surface area (Å²) < 4.78 is 5.20. The SMILES string of the molecule is O=C(CSCC(=O)N1CCOCC1)NCCNc1ccc([N+](=O)[O-])cc1. The molecule has 2 amide bonds. The maximum Gasteiger partial charge on any atom is 0.269 e. The Bertz CT molecular complexity index is 620. The Labute approximate surface area is 155 Å². The summed E-state index contributed by atoms with van der Waals surface area (Å²) in [6.45, 7) is 3.28. The van der Waals surface area contributed by atoms with Crippen molar-refractivity contribution in [3.8, 4) is 0 Å². The third-order valence-electron chi connectivity index (χ3n) is 3.68. The normalized spacial score (nSPS) is 13.9. The third-order valence-corrected chi connectivity index (χ3v) is 4.59. The van der Waals surface area contributed by atoms with Crippen LogP contribution in [0.15, 0.2) is 24.3 Å². The molecule has 1 aliphatic rings. The zero-order valence-corrected chi connectivity index (χ0v) is 15.1. The van der Waals surface area contributed by atoms with Crippen molar-refractivity contribution >= 4 is 35.0 Å². The Morgan fingerprint density at radius 3 is 2.50 bits per heavy atom. The summed E-state index contributed by atoms with van der Waals surface area (Å²) in [6, 6.07) is 6.08. The molecule has 9 nitrogen and oxygen atoms in total. The number of amides is 2. The van der Waals surface area contributed by atoms with Crippen LogP contribution in [0.3, 0.4) is 0 Å². The largest absolute Gasteiger partial charge is 0.383 e. The molecule has 1 saturated heterocycles. The van der Waals surface area contributed by atoms with E-state index in [0.29, 0.717) is 39.4 Å². The highest BCUT2D eigenvalue weighted by Gasteiger charge is 2.16. The molecule has 0 aromatic heterocycles. The number of hydrogen-bond acceptors (Lipinski definition) is 7. The quantitative estimate of drug-likeness (QED) is 0.367. The van der Waals surface area contributed by atoms with E-state index in [4.69, 9.17) is 4.74 Å². The lowest BCUT2D eigenvalue weighted by atomic mass is 10.3. The van der Waals surface area contributed by atoms with Crippen LogP contribution in [0, 0.1) is 10.1 Å². The Balaban J connectivity index is 1.54. The van der Waals surface area contributed by atoms with Gasteiger partial charge in [0, 0.05) is 44.0 Å². The topological polar surface area (TPSA) is 114 Å². The Hall–Kier alpha value is -2.33. The molecule has 1 fully saturated rings. The lowest BCUT2D eigenvalue weighted by molar-refractivity contribution is -0.384. The number of carbonyl (C=O) groups excluding carboxylic acids is 2. The lowest BCUT2D eigenvalue weighted by Gasteiger charge is -2.26. The van der Waals surface area contributed by atoms with Crippen molar-refractivity contribution in [1.82, 2.24) is 10.2 Å². The van der Waals surface area contributed by atoms with Crippen LogP contribution < -0.4 is 10.6 Å². The number of non-ortho nitro benzene ring substituents is 1. The number of anilines is 1. The molecule has 0 radical (unpaired) electrons. The van der Waals surface area contributed by atoms with E-state index in [2.05, 4.69) is 10.6 Å². The van der Waals surface area contributed by atoms with Gasteiger partial charge in [0.15, 0.2) is 0 Å². The van der Waals surface area contributed by atoms with Crippen molar-refractivity contribution in [2.24, 2.45) is 0 Å². The van der Waals surface area contributed by atoms with Gasteiger partial charge in [-0.2, -0.15) is 0 Å². The number of hydrogen-bond donors (Lipinski definition) is 2. The molecule has 142 valence electrons. The molecule has 10 heteroatoms. The van der Waals surface area contributed by atoms with Crippen molar-refractivity contribution in [2.45, 2.75) is 0 Å². The average molecular weight is 382 g/mol. The molecule has 1 aromatic carbocycles. The van der Waals surface area contributed by atoms with Crippen LogP contribution in [0.2, 0.25) is 0 Å². The van der Waals surface area contributed by atoms with Crippen LogP contribution in [0.5, 0.6) is 0 Å². The maximum atomic E-state index is 11.9. The van der Waals surface area contributed by atoms with Crippen LogP contribution in [0.1, 0.15) is 0 Å². The highest BCUT2D eigenvalue weighted by molar-refractivity contribution is 8.00. The summed E-state index contributed by atoms with van der Waals surface area (Å²) >= 11 is 1.29. The number of morpholine rings is 1. The van der Waals surface area contributed by atoms with Crippen molar-refractivity contribution in [2.75, 3.05) is 56.2 Å². The molecular formula is C16H22N4O5S. The van der Waals surface area contributed by atoms with E-state index in [0.717, 1.165) is 5.69 Å². The van der Waals surface area contributed by atoms with E-state index in [1.807, 2.05) is 0 Å². The zero-order valence-electron chi connectivity index (χ0n) is 14.3. The summed E-state index contributed by atoms with van der Waals surface area (Å²) in [4.78, 5) is 35.6. The fraction of sp³-hybridized carbons (Fsp3) is 0.500. The molecule has 1 aromatic rings. The molecule has 1 aliphatic heterocycles. The minimum Gasteiger partial charge on any atom is -0.383 e. The Morgan fingerprint density at radius 1 is 1.15 bits per heavy atom. The molecule has 2 rings (SSSR count). The number of nitrogens with one attached hydrogen (secondary N) is 2. The van der Waals surface area contributed by atoms with E-state index in [1.54, 1.807) is 17.0 Å². The number of benzene rings is 1. The molecule has 0 bridgehead atoms. The van der Waals surface area contributed by atoms with Gasteiger partial charge in [0.2, 0.25) is 11.8 Å². The first-order chi connectivity index (χ1) is 12.6. The summed E-state index contributed by atoms with van der Waals surface area (Å²) in [5.74, 6) is 0.420. The first-order valence-electron chi connectivity index (χ1n) is 8.24. The van der Waals surface area contributed by atoms with E-state index in [-0.39, 0.29) is 29.0 Å². The molecule has 0 unspecified atom stereocenters. The van der Waals surface area contributed by atoms with E-state index in [9.17, 15) is 19.7 Å². The fourth-order valence-electron chi connectivity index (χ4n) is 2.30. The van der Waals surface area contributed by atoms with Crippen LogP contribution in [-0.4, -0.2) is 72.5 Å². The summed E-state index contributed by atoms with van der Waals surface area (Å²) in [6.07, 6.45) is 0. The van der Waals surface area contributed by atoms with Crippen molar-refractivity contribution < 1.29 is 19.2 Å². The second kappa shape index (κ2) is 10.6. The monoisotopic (exact) mass is 382 g/mol. The van der Waals surface area contributed by atoms with Gasteiger partial charge >= 0.3 is 0 Å². The van der Waals surface area contributed by atoms with Crippen molar-refractivity contribution in [1.29, 1.82) is 0 Å². The first-order valence-corrected chi connectivity index (χ1v) is 9.40.